The molecule has 25 heavy (non-hydrogen) atoms. The fourth-order valence-electron chi connectivity index (χ4n) is 2.74. The van der Waals surface area contributed by atoms with Crippen LogP contribution in [-0.4, -0.2) is 29.8 Å². The average Bonchev–Trinajstić information content (AvgIpc) is 2.48. The molecule has 0 bridgehead atoms. The number of benzene rings is 1. The van der Waals surface area contributed by atoms with E-state index >= 15 is 0 Å². The molecule has 2 rings (SSSR count). The van der Waals surface area contributed by atoms with Crippen molar-refractivity contribution in [2.24, 2.45) is 5.92 Å². The molecule has 0 aliphatic carbocycles. The number of pyridine rings is 1. The molecule has 1 aromatic heterocycles. The molecule has 1 heterocycles. The Kier molecular flexibility index (Phi) is 6.67. The maximum absolute atomic E-state index is 12.3. The first-order chi connectivity index (χ1) is 11.7. The van der Waals surface area contributed by atoms with Crippen LogP contribution < -0.4 is 4.74 Å². The van der Waals surface area contributed by atoms with Gasteiger partial charge >= 0.3 is 6.36 Å². The van der Waals surface area contributed by atoms with Crippen LogP contribution in [-0.2, 0) is 13.0 Å². The highest BCUT2D eigenvalue weighted by molar-refractivity contribution is 6.29. The van der Waals surface area contributed by atoms with E-state index in [4.69, 9.17) is 11.6 Å². The van der Waals surface area contributed by atoms with Crippen molar-refractivity contribution in [3.05, 3.63) is 58.9 Å². The summed E-state index contributed by atoms with van der Waals surface area (Å²) in [5.41, 5.74) is 1.87. The monoisotopic (exact) mass is 372 g/mol. The number of hydrogen-bond acceptors (Lipinski definition) is 3. The van der Waals surface area contributed by atoms with Crippen molar-refractivity contribution in [1.82, 2.24) is 9.88 Å². The van der Waals surface area contributed by atoms with Gasteiger partial charge in [-0.1, -0.05) is 36.7 Å². The predicted octanol–water partition coefficient (Wildman–Crippen LogP) is 4.94. The number of hydrogen-bond donors (Lipinski definition) is 0. The van der Waals surface area contributed by atoms with Crippen molar-refractivity contribution < 1.29 is 17.9 Å². The topological polar surface area (TPSA) is 25.4 Å². The summed E-state index contributed by atoms with van der Waals surface area (Å²) in [6.45, 7) is 3.59. The van der Waals surface area contributed by atoms with E-state index in [1.54, 1.807) is 18.3 Å². The Morgan fingerprint density at radius 2 is 1.96 bits per heavy atom. The fraction of sp³-hybridized carbons (Fsp3) is 0.389. The van der Waals surface area contributed by atoms with E-state index in [-0.39, 0.29) is 11.7 Å². The molecule has 0 fully saturated rings. The minimum absolute atomic E-state index is 0.183. The zero-order chi connectivity index (χ0) is 18.4. The molecule has 0 saturated carbocycles. The van der Waals surface area contributed by atoms with Crippen molar-refractivity contribution in [2.75, 3.05) is 13.6 Å². The number of alkyl halides is 3. The molecular formula is C18H20ClF3N2O. The Bertz CT molecular complexity index is 677. The van der Waals surface area contributed by atoms with Crippen LogP contribution in [0.2, 0.25) is 5.15 Å². The van der Waals surface area contributed by atoms with Crippen LogP contribution in [0.4, 0.5) is 13.2 Å². The molecule has 0 aliphatic heterocycles. The van der Waals surface area contributed by atoms with Gasteiger partial charge in [0.15, 0.2) is 0 Å². The van der Waals surface area contributed by atoms with Gasteiger partial charge in [0, 0.05) is 19.3 Å². The summed E-state index contributed by atoms with van der Waals surface area (Å²) in [6.07, 6.45) is -2.27. The lowest BCUT2D eigenvalue weighted by molar-refractivity contribution is -0.274. The van der Waals surface area contributed by atoms with Crippen LogP contribution >= 0.6 is 11.6 Å². The molecule has 0 saturated heterocycles. The van der Waals surface area contributed by atoms with Crippen molar-refractivity contribution >= 4 is 11.6 Å². The lowest BCUT2D eigenvalue weighted by atomic mass is 10.0. The second-order valence-electron chi connectivity index (χ2n) is 6.19. The summed E-state index contributed by atoms with van der Waals surface area (Å²) < 4.78 is 40.9. The highest BCUT2D eigenvalue weighted by Gasteiger charge is 2.31. The van der Waals surface area contributed by atoms with Gasteiger partial charge in [-0.05, 0) is 48.7 Å². The standard InChI is InChI=1S/C18H20ClF3N2O/c1-13(11-24(2)12-15-6-7-17(19)23-10-15)8-14-4-3-5-16(9-14)25-18(20,21)22/h3-7,9-10,13H,8,11-12H2,1-2H3. The van der Waals surface area contributed by atoms with Crippen LogP contribution in [0.25, 0.3) is 0 Å². The molecule has 0 radical (unpaired) electrons. The van der Waals surface area contributed by atoms with E-state index < -0.39 is 6.36 Å². The number of halogens is 4. The maximum atomic E-state index is 12.3. The smallest absolute Gasteiger partial charge is 0.406 e. The van der Waals surface area contributed by atoms with Crippen LogP contribution in [0.15, 0.2) is 42.6 Å². The van der Waals surface area contributed by atoms with E-state index in [0.717, 1.165) is 24.2 Å². The minimum Gasteiger partial charge on any atom is -0.406 e. The van der Waals surface area contributed by atoms with Crippen LogP contribution in [0.3, 0.4) is 0 Å². The first kappa shape index (κ1) is 19.5. The Hall–Kier alpha value is -1.79. The molecule has 2 aromatic rings. The van der Waals surface area contributed by atoms with E-state index in [1.165, 1.54) is 12.1 Å². The quantitative estimate of drug-likeness (QED) is 0.643. The highest BCUT2D eigenvalue weighted by atomic mass is 35.5. The average molecular weight is 373 g/mol. The van der Waals surface area contributed by atoms with Crippen LogP contribution in [0, 0.1) is 5.92 Å². The molecule has 1 unspecified atom stereocenters. The van der Waals surface area contributed by atoms with Crippen molar-refractivity contribution in [1.29, 1.82) is 0 Å². The number of ether oxygens (including phenoxy) is 1. The number of aromatic nitrogens is 1. The Labute approximate surface area is 150 Å². The maximum Gasteiger partial charge on any atom is 0.573 e. The van der Waals surface area contributed by atoms with Gasteiger partial charge in [0.25, 0.3) is 0 Å². The van der Waals surface area contributed by atoms with Crippen LogP contribution in [0.5, 0.6) is 5.75 Å². The summed E-state index contributed by atoms with van der Waals surface area (Å²) in [5.74, 6) is 0.0872. The second kappa shape index (κ2) is 8.54. The highest BCUT2D eigenvalue weighted by Crippen LogP contribution is 2.24. The Morgan fingerprint density at radius 3 is 2.60 bits per heavy atom. The zero-order valence-electron chi connectivity index (χ0n) is 14.1. The third-order valence-corrected chi connectivity index (χ3v) is 3.80. The van der Waals surface area contributed by atoms with Crippen molar-refractivity contribution in [3.63, 3.8) is 0 Å². The normalized spacial score (nSPS) is 13.1. The van der Waals surface area contributed by atoms with Gasteiger partial charge in [-0.2, -0.15) is 0 Å². The van der Waals surface area contributed by atoms with E-state index in [2.05, 4.69) is 21.5 Å². The van der Waals surface area contributed by atoms with Gasteiger partial charge in [0.2, 0.25) is 0 Å². The Balaban J connectivity index is 1.87. The number of rotatable bonds is 7. The Morgan fingerprint density at radius 1 is 1.20 bits per heavy atom. The van der Waals surface area contributed by atoms with Crippen LogP contribution in [0.1, 0.15) is 18.1 Å². The predicted molar refractivity (Wildman–Crippen MR) is 91.6 cm³/mol. The van der Waals surface area contributed by atoms with Gasteiger partial charge in [0.1, 0.15) is 10.9 Å². The first-order valence-electron chi connectivity index (χ1n) is 7.85. The second-order valence-corrected chi connectivity index (χ2v) is 6.58. The zero-order valence-corrected chi connectivity index (χ0v) is 14.8. The summed E-state index contributed by atoms with van der Waals surface area (Å²) in [4.78, 5) is 6.20. The number of nitrogens with zero attached hydrogens (tertiary/aromatic N) is 2. The third-order valence-electron chi connectivity index (χ3n) is 3.58. The molecule has 3 nitrogen and oxygen atoms in total. The summed E-state index contributed by atoms with van der Waals surface area (Å²) >= 11 is 5.77. The van der Waals surface area contributed by atoms with Crippen molar-refractivity contribution in [3.8, 4) is 5.75 Å². The molecule has 0 spiro atoms. The minimum atomic E-state index is -4.67. The van der Waals surface area contributed by atoms with E-state index in [1.807, 2.05) is 19.2 Å². The van der Waals surface area contributed by atoms with E-state index in [0.29, 0.717) is 11.6 Å². The van der Waals surface area contributed by atoms with Gasteiger partial charge in [-0.15, -0.1) is 13.2 Å². The van der Waals surface area contributed by atoms with Gasteiger partial charge in [0.05, 0.1) is 0 Å². The molecule has 136 valence electrons. The molecule has 0 N–H and O–H groups in total. The lowest BCUT2D eigenvalue weighted by Gasteiger charge is -2.21. The molecule has 7 heteroatoms. The first-order valence-corrected chi connectivity index (χ1v) is 8.23. The lowest BCUT2D eigenvalue weighted by Crippen LogP contribution is -2.25. The van der Waals surface area contributed by atoms with Gasteiger partial charge in [-0.25, -0.2) is 4.98 Å². The molecular weight excluding hydrogens is 353 g/mol. The summed E-state index contributed by atoms with van der Waals surface area (Å²) in [7, 11) is 1.99. The molecule has 1 atom stereocenters. The van der Waals surface area contributed by atoms with Gasteiger partial charge < -0.3 is 9.64 Å². The summed E-state index contributed by atoms with van der Waals surface area (Å²) in [5, 5.41) is 0.459. The summed E-state index contributed by atoms with van der Waals surface area (Å²) in [6, 6.07) is 9.80. The van der Waals surface area contributed by atoms with Crippen molar-refractivity contribution in [2.45, 2.75) is 26.3 Å². The van der Waals surface area contributed by atoms with E-state index in [9.17, 15) is 13.2 Å². The SMILES string of the molecule is CC(Cc1cccc(OC(F)(F)F)c1)CN(C)Cc1ccc(Cl)nc1. The third kappa shape index (κ3) is 7.32. The molecule has 0 aliphatic rings. The fourth-order valence-corrected chi connectivity index (χ4v) is 2.86. The van der Waals surface area contributed by atoms with Gasteiger partial charge in [-0.3, -0.25) is 0 Å². The molecule has 1 aromatic carbocycles. The molecule has 0 amide bonds. The largest absolute Gasteiger partial charge is 0.573 e.